The van der Waals surface area contributed by atoms with E-state index in [9.17, 15) is 9.59 Å². The first-order chi connectivity index (χ1) is 7.95. The number of carbonyl (C=O) groups excluding carboxylic acids is 2. The Labute approximate surface area is 104 Å². The number of hydrogen-bond donors (Lipinski definition) is 2. The lowest BCUT2D eigenvalue weighted by atomic mass is 10.2. The van der Waals surface area contributed by atoms with Crippen molar-refractivity contribution in [3.8, 4) is 0 Å². The van der Waals surface area contributed by atoms with Crippen LogP contribution < -0.4 is 11.1 Å². The largest absolute Gasteiger partial charge is 0.465 e. The number of hydrogen-bond acceptors (Lipinski definition) is 4. The Morgan fingerprint density at radius 2 is 2.12 bits per heavy atom. The van der Waals surface area contributed by atoms with Gasteiger partial charge in [0, 0.05) is 5.69 Å². The summed E-state index contributed by atoms with van der Waals surface area (Å²) in [5.74, 6) is -0.907. The van der Waals surface area contributed by atoms with Crippen LogP contribution >= 0.6 is 11.6 Å². The van der Waals surface area contributed by atoms with Gasteiger partial charge in [0.1, 0.15) is 0 Å². The normalized spacial score (nSPS) is 11.8. The van der Waals surface area contributed by atoms with Crippen LogP contribution in [0.3, 0.4) is 0 Å². The lowest BCUT2D eigenvalue weighted by Gasteiger charge is -2.09. The van der Waals surface area contributed by atoms with Gasteiger partial charge >= 0.3 is 5.97 Å². The first-order valence-corrected chi connectivity index (χ1v) is 5.27. The second-order valence-electron chi connectivity index (χ2n) is 3.46. The molecular weight excluding hydrogens is 244 g/mol. The number of amides is 1. The second-order valence-corrected chi connectivity index (χ2v) is 3.87. The molecule has 1 aromatic carbocycles. The van der Waals surface area contributed by atoms with Gasteiger partial charge in [-0.1, -0.05) is 11.6 Å². The summed E-state index contributed by atoms with van der Waals surface area (Å²) in [5, 5.41) is 2.82. The zero-order valence-electron chi connectivity index (χ0n) is 9.49. The number of rotatable bonds is 3. The van der Waals surface area contributed by atoms with Crippen LogP contribution in [0.2, 0.25) is 5.02 Å². The number of halogens is 1. The lowest BCUT2D eigenvalue weighted by molar-refractivity contribution is -0.117. The Morgan fingerprint density at radius 3 is 2.65 bits per heavy atom. The minimum atomic E-state index is -0.632. The van der Waals surface area contributed by atoms with Crippen LogP contribution in [0.5, 0.6) is 0 Å². The van der Waals surface area contributed by atoms with Gasteiger partial charge in [-0.15, -0.1) is 0 Å². The number of nitrogens with one attached hydrogen (secondary N) is 1. The molecule has 0 saturated heterocycles. The molecule has 17 heavy (non-hydrogen) atoms. The molecule has 1 atom stereocenters. The monoisotopic (exact) mass is 256 g/mol. The summed E-state index contributed by atoms with van der Waals surface area (Å²) in [6.45, 7) is 1.56. The Balaban J connectivity index is 2.97. The van der Waals surface area contributed by atoms with Gasteiger partial charge in [0.25, 0.3) is 0 Å². The van der Waals surface area contributed by atoms with Gasteiger partial charge in [-0.3, -0.25) is 4.79 Å². The third kappa shape index (κ3) is 3.44. The van der Waals surface area contributed by atoms with Crippen molar-refractivity contribution in [1.29, 1.82) is 0 Å². The summed E-state index contributed by atoms with van der Waals surface area (Å²) in [6.07, 6.45) is 0. The van der Waals surface area contributed by atoms with E-state index in [-0.39, 0.29) is 16.5 Å². The minimum absolute atomic E-state index is 0.191. The maximum atomic E-state index is 11.4. The van der Waals surface area contributed by atoms with Crippen molar-refractivity contribution in [2.45, 2.75) is 13.0 Å². The molecule has 0 spiro atoms. The molecule has 0 saturated carbocycles. The van der Waals surface area contributed by atoms with E-state index in [1.807, 2.05) is 0 Å². The van der Waals surface area contributed by atoms with Crippen molar-refractivity contribution >= 4 is 29.2 Å². The zero-order valence-corrected chi connectivity index (χ0v) is 10.2. The molecule has 3 N–H and O–H groups in total. The van der Waals surface area contributed by atoms with Crippen LogP contribution in [0.25, 0.3) is 0 Å². The SMILES string of the molecule is COC(=O)c1cc(NC(=O)[C@H](C)N)ccc1Cl. The van der Waals surface area contributed by atoms with E-state index < -0.39 is 12.0 Å². The smallest absolute Gasteiger partial charge is 0.339 e. The Bertz CT molecular complexity index is 446. The highest BCUT2D eigenvalue weighted by Crippen LogP contribution is 2.21. The standard InChI is InChI=1S/C11H13ClN2O3/c1-6(13)10(15)14-7-3-4-9(12)8(5-7)11(16)17-2/h3-6H,13H2,1-2H3,(H,14,15)/t6-/m0/s1. The molecule has 1 rings (SSSR count). The quantitative estimate of drug-likeness (QED) is 0.802. The molecule has 0 aliphatic heterocycles. The van der Waals surface area contributed by atoms with Crippen LogP contribution in [0, 0.1) is 0 Å². The van der Waals surface area contributed by atoms with Crippen molar-refractivity contribution in [3.05, 3.63) is 28.8 Å². The topological polar surface area (TPSA) is 81.4 Å². The maximum Gasteiger partial charge on any atom is 0.339 e. The van der Waals surface area contributed by atoms with Gasteiger partial charge in [0.2, 0.25) is 5.91 Å². The lowest BCUT2D eigenvalue weighted by Crippen LogP contribution is -2.32. The Hall–Kier alpha value is -1.59. The first kappa shape index (κ1) is 13.5. The minimum Gasteiger partial charge on any atom is -0.465 e. The Kier molecular flexibility index (Phi) is 4.48. The van der Waals surface area contributed by atoms with Crippen molar-refractivity contribution < 1.29 is 14.3 Å². The highest BCUT2D eigenvalue weighted by atomic mass is 35.5. The maximum absolute atomic E-state index is 11.4. The van der Waals surface area contributed by atoms with E-state index in [1.165, 1.54) is 19.2 Å². The number of nitrogens with two attached hydrogens (primary N) is 1. The highest BCUT2D eigenvalue weighted by molar-refractivity contribution is 6.33. The van der Waals surface area contributed by atoms with E-state index >= 15 is 0 Å². The predicted molar refractivity (Wildman–Crippen MR) is 65.1 cm³/mol. The van der Waals surface area contributed by atoms with Crippen molar-refractivity contribution in [3.63, 3.8) is 0 Å². The molecule has 1 amide bonds. The fraction of sp³-hybridized carbons (Fsp3) is 0.273. The summed E-state index contributed by atoms with van der Waals surface area (Å²) in [4.78, 5) is 22.7. The van der Waals surface area contributed by atoms with E-state index in [4.69, 9.17) is 17.3 Å². The summed E-state index contributed by atoms with van der Waals surface area (Å²) in [7, 11) is 1.26. The van der Waals surface area contributed by atoms with Crippen molar-refractivity contribution in [1.82, 2.24) is 0 Å². The number of benzene rings is 1. The summed E-state index contributed by atoms with van der Waals surface area (Å²) < 4.78 is 4.56. The Morgan fingerprint density at radius 1 is 1.47 bits per heavy atom. The van der Waals surface area contributed by atoms with Gasteiger partial charge in [0.15, 0.2) is 0 Å². The molecule has 0 aliphatic rings. The molecule has 6 heteroatoms. The molecule has 0 unspecified atom stereocenters. The van der Waals surface area contributed by atoms with Crippen molar-refractivity contribution in [2.24, 2.45) is 5.73 Å². The van der Waals surface area contributed by atoms with Crippen molar-refractivity contribution in [2.75, 3.05) is 12.4 Å². The molecule has 0 fully saturated rings. The van der Waals surface area contributed by atoms with Crippen LogP contribution in [0.15, 0.2) is 18.2 Å². The molecule has 0 aromatic heterocycles. The number of methoxy groups -OCH3 is 1. The third-order valence-corrected chi connectivity index (χ3v) is 2.38. The highest BCUT2D eigenvalue weighted by Gasteiger charge is 2.13. The molecule has 0 aliphatic carbocycles. The summed E-state index contributed by atoms with van der Waals surface area (Å²) in [5.41, 5.74) is 6.04. The van der Waals surface area contributed by atoms with Crippen LogP contribution in [-0.2, 0) is 9.53 Å². The van der Waals surface area contributed by atoms with Crippen LogP contribution in [-0.4, -0.2) is 25.0 Å². The second kappa shape index (κ2) is 5.65. The van der Waals surface area contributed by atoms with Gasteiger partial charge < -0.3 is 15.8 Å². The average molecular weight is 257 g/mol. The van der Waals surface area contributed by atoms with Crippen LogP contribution in [0.4, 0.5) is 5.69 Å². The number of carbonyl (C=O) groups is 2. The molecule has 0 radical (unpaired) electrons. The molecule has 5 nitrogen and oxygen atoms in total. The summed E-state index contributed by atoms with van der Waals surface area (Å²) >= 11 is 5.83. The van der Waals surface area contributed by atoms with E-state index in [1.54, 1.807) is 13.0 Å². The molecule has 0 heterocycles. The predicted octanol–water partition coefficient (Wildman–Crippen LogP) is 1.41. The number of anilines is 1. The summed E-state index contributed by atoms with van der Waals surface area (Å²) in [6, 6.07) is 3.89. The fourth-order valence-corrected chi connectivity index (χ4v) is 1.32. The average Bonchev–Trinajstić information content (AvgIpc) is 2.30. The van der Waals surface area contributed by atoms with Gasteiger partial charge in [-0.25, -0.2) is 4.79 Å². The fourth-order valence-electron chi connectivity index (χ4n) is 1.13. The third-order valence-electron chi connectivity index (χ3n) is 2.05. The first-order valence-electron chi connectivity index (χ1n) is 4.90. The van der Waals surface area contributed by atoms with Gasteiger partial charge in [-0.2, -0.15) is 0 Å². The number of ether oxygens (including phenoxy) is 1. The molecule has 0 bridgehead atoms. The van der Waals surface area contributed by atoms with E-state index in [2.05, 4.69) is 10.1 Å². The van der Waals surface area contributed by atoms with Crippen LogP contribution in [0.1, 0.15) is 17.3 Å². The molecular formula is C11H13ClN2O3. The van der Waals surface area contributed by atoms with E-state index in [0.29, 0.717) is 5.69 Å². The van der Waals surface area contributed by atoms with E-state index in [0.717, 1.165) is 0 Å². The number of esters is 1. The molecule has 1 aromatic rings. The zero-order chi connectivity index (χ0) is 13.0. The van der Waals surface area contributed by atoms with Gasteiger partial charge in [0.05, 0.1) is 23.7 Å². The molecule has 92 valence electrons. The van der Waals surface area contributed by atoms with Gasteiger partial charge in [-0.05, 0) is 25.1 Å².